The molecule has 2 unspecified atom stereocenters. The number of nitrogens with one attached hydrogen (secondary N) is 1. The van der Waals surface area contributed by atoms with E-state index < -0.39 is 17.7 Å². The third-order valence-corrected chi connectivity index (χ3v) is 7.98. The molecule has 2 fully saturated rings. The summed E-state index contributed by atoms with van der Waals surface area (Å²) in [7, 11) is 3.64. The fourth-order valence-electron chi connectivity index (χ4n) is 5.93. The number of likely N-dealkylation sites (tertiary alicyclic amines) is 1. The van der Waals surface area contributed by atoms with Crippen LogP contribution in [0.5, 0.6) is 5.75 Å². The summed E-state index contributed by atoms with van der Waals surface area (Å²) in [4.78, 5) is 17.8. The first-order valence-corrected chi connectivity index (χ1v) is 13.4. The average Bonchev–Trinajstić information content (AvgIpc) is 3.18. The normalized spacial score (nSPS) is 23.0. The van der Waals surface area contributed by atoms with Gasteiger partial charge in [0, 0.05) is 36.3 Å². The lowest BCUT2D eigenvalue weighted by Gasteiger charge is -2.34. The van der Waals surface area contributed by atoms with E-state index in [-0.39, 0.29) is 24.3 Å². The number of hydrogen-bond acceptors (Lipinski definition) is 6. The van der Waals surface area contributed by atoms with Gasteiger partial charge in [-0.1, -0.05) is 0 Å². The van der Waals surface area contributed by atoms with Crippen molar-refractivity contribution in [2.45, 2.75) is 50.9 Å². The third-order valence-electron chi connectivity index (χ3n) is 7.98. The summed E-state index contributed by atoms with van der Waals surface area (Å²) in [6.45, 7) is 5.92. The number of nitrogens with zero attached hydrogens (tertiary/aromatic N) is 2. The predicted octanol–water partition coefficient (Wildman–Crippen LogP) is 5.04. The number of ether oxygens (including phenoxy) is 2. The van der Waals surface area contributed by atoms with Crippen molar-refractivity contribution in [3.05, 3.63) is 52.6 Å². The number of morpholine rings is 1. The lowest BCUT2D eigenvalue weighted by molar-refractivity contribution is -0.137. The minimum Gasteiger partial charge on any atom is -0.495 e. The zero-order valence-corrected chi connectivity index (χ0v) is 22.2. The summed E-state index contributed by atoms with van der Waals surface area (Å²) in [5, 5.41) is 3.33. The van der Waals surface area contributed by atoms with Crippen molar-refractivity contribution >= 4 is 17.2 Å². The van der Waals surface area contributed by atoms with Gasteiger partial charge in [0.2, 0.25) is 0 Å². The minimum atomic E-state index is -4.46. The summed E-state index contributed by atoms with van der Waals surface area (Å²) in [6.07, 6.45) is -1.85. The molecule has 2 saturated heterocycles. The Labute approximate surface area is 222 Å². The highest BCUT2D eigenvalue weighted by molar-refractivity contribution is 6.03. The quantitative estimate of drug-likeness (QED) is 0.564. The van der Waals surface area contributed by atoms with E-state index in [0.29, 0.717) is 35.6 Å². The van der Waals surface area contributed by atoms with Gasteiger partial charge >= 0.3 is 6.18 Å². The number of benzene rings is 2. The molecule has 38 heavy (non-hydrogen) atoms. The Bertz CT molecular complexity index is 1180. The molecule has 2 heterocycles. The van der Waals surface area contributed by atoms with Gasteiger partial charge in [-0.05, 0) is 94.2 Å². The monoisotopic (exact) mass is 531 g/mol. The zero-order chi connectivity index (χ0) is 27.0. The first kappa shape index (κ1) is 26.8. The van der Waals surface area contributed by atoms with Crippen LogP contribution >= 0.6 is 0 Å². The van der Waals surface area contributed by atoms with Crippen molar-refractivity contribution in [1.29, 1.82) is 0 Å². The summed E-state index contributed by atoms with van der Waals surface area (Å²) in [5.74, 6) is 0.186. The first-order valence-electron chi connectivity index (χ1n) is 13.4. The molecule has 6 nitrogen and oxygen atoms in total. The van der Waals surface area contributed by atoms with Crippen molar-refractivity contribution in [2.75, 3.05) is 57.2 Å². The van der Waals surface area contributed by atoms with E-state index >= 15 is 0 Å². The van der Waals surface area contributed by atoms with Gasteiger partial charge in [0.25, 0.3) is 0 Å². The van der Waals surface area contributed by atoms with Gasteiger partial charge in [0.05, 0.1) is 31.1 Å². The van der Waals surface area contributed by atoms with Crippen LogP contribution in [0.25, 0.3) is 0 Å². The molecule has 0 radical (unpaired) electrons. The summed E-state index contributed by atoms with van der Waals surface area (Å²) in [6, 6.07) is 8.11. The lowest BCUT2D eigenvalue weighted by atomic mass is 9.94. The number of halogens is 3. The summed E-state index contributed by atoms with van der Waals surface area (Å²) in [5.41, 5.74) is 2.77. The zero-order valence-electron chi connectivity index (χ0n) is 22.2. The molecule has 0 aromatic heterocycles. The first-order chi connectivity index (χ1) is 18.1. The van der Waals surface area contributed by atoms with Crippen LogP contribution < -0.4 is 15.0 Å². The number of carbonyl (C=O) groups is 1. The second kappa shape index (κ2) is 10.8. The molecule has 9 heteroatoms. The Morgan fingerprint density at radius 2 is 1.87 bits per heavy atom. The van der Waals surface area contributed by atoms with Gasteiger partial charge < -0.3 is 24.6 Å². The van der Waals surface area contributed by atoms with Gasteiger partial charge in [-0.3, -0.25) is 4.79 Å². The number of ketones is 1. The number of alkyl halides is 3. The van der Waals surface area contributed by atoms with Crippen molar-refractivity contribution in [3.63, 3.8) is 0 Å². The van der Waals surface area contributed by atoms with E-state index in [1.165, 1.54) is 12.1 Å². The van der Waals surface area contributed by atoms with Gasteiger partial charge in [-0.2, -0.15) is 13.2 Å². The summed E-state index contributed by atoms with van der Waals surface area (Å²) < 4.78 is 52.7. The highest BCUT2D eigenvalue weighted by atomic mass is 19.4. The molecule has 0 bridgehead atoms. The molecule has 5 rings (SSSR count). The Morgan fingerprint density at radius 1 is 1.11 bits per heavy atom. The smallest absolute Gasteiger partial charge is 0.416 e. The molecule has 2 aliphatic heterocycles. The number of methoxy groups -OCH3 is 1. The van der Waals surface area contributed by atoms with Crippen LogP contribution in [0.3, 0.4) is 0 Å². The molecule has 206 valence electrons. The van der Waals surface area contributed by atoms with E-state index in [1.54, 1.807) is 19.2 Å². The van der Waals surface area contributed by atoms with Gasteiger partial charge in [-0.25, -0.2) is 0 Å². The molecule has 1 aliphatic carbocycles. The molecule has 0 spiro atoms. The van der Waals surface area contributed by atoms with Crippen LogP contribution in [-0.4, -0.2) is 69.8 Å². The Kier molecular flexibility index (Phi) is 7.60. The van der Waals surface area contributed by atoms with E-state index in [1.807, 2.05) is 13.0 Å². The number of anilines is 2. The molecule has 2 aromatic rings. The number of carbonyl (C=O) groups excluding carboxylic acids is 1. The van der Waals surface area contributed by atoms with E-state index in [9.17, 15) is 18.0 Å². The standard InChI is InChI=1S/C29H36F3N3O3/c1-18-17-35(8-9-38-18)26-14-20-13-21(28(36)25(20)16-27(26)37-3)10-19-11-22(29(30,31)32)15-24(12-19)33-23-4-6-34(2)7-5-23/h11-12,14-16,18,21,23,33H,4-10,13,17H2,1-3H3. The maximum atomic E-state index is 13.8. The fourth-order valence-corrected chi connectivity index (χ4v) is 5.93. The molecular weight excluding hydrogens is 495 g/mol. The van der Waals surface area contributed by atoms with Crippen LogP contribution in [0.2, 0.25) is 0 Å². The largest absolute Gasteiger partial charge is 0.495 e. The molecular formula is C29H36F3N3O3. The van der Waals surface area contributed by atoms with Crippen molar-refractivity contribution < 1.29 is 27.4 Å². The van der Waals surface area contributed by atoms with Crippen LogP contribution in [0.15, 0.2) is 30.3 Å². The van der Waals surface area contributed by atoms with Crippen LogP contribution in [0.4, 0.5) is 24.5 Å². The van der Waals surface area contributed by atoms with Gasteiger partial charge in [0.1, 0.15) is 5.75 Å². The number of Topliss-reactive ketones (excluding diaryl/α,β-unsaturated/α-hetero) is 1. The Morgan fingerprint density at radius 3 is 2.55 bits per heavy atom. The average molecular weight is 532 g/mol. The van der Waals surface area contributed by atoms with Crippen molar-refractivity contribution in [2.24, 2.45) is 5.92 Å². The minimum absolute atomic E-state index is 0.0394. The maximum Gasteiger partial charge on any atom is 0.416 e. The molecule has 3 aliphatic rings. The topological polar surface area (TPSA) is 54.0 Å². The van der Waals surface area contributed by atoms with Crippen molar-refractivity contribution in [3.8, 4) is 5.75 Å². The van der Waals surface area contributed by atoms with Crippen molar-refractivity contribution in [1.82, 2.24) is 4.90 Å². The molecule has 0 amide bonds. The molecule has 0 saturated carbocycles. The second-order valence-electron chi connectivity index (χ2n) is 10.9. The third kappa shape index (κ3) is 5.78. The highest BCUT2D eigenvalue weighted by Crippen LogP contribution is 2.40. The van der Waals surface area contributed by atoms with Crippen LogP contribution in [-0.2, 0) is 23.8 Å². The number of rotatable bonds is 6. The van der Waals surface area contributed by atoms with E-state index in [0.717, 1.165) is 50.3 Å². The molecule has 2 atom stereocenters. The SMILES string of the molecule is COc1cc2c(cc1N1CCOC(C)C1)CC(Cc1cc(NC3CCN(C)CC3)cc(C(F)(F)F)c1)C2=O. The highest BCUT2D eigenvalue weighted by Gasteiger charge is 2.35. The van der Waals surface area contributed by atoms with Crippen LogP contribution in [0.1, 0.15) is 46.8 Å². The van der Waals surface area contributed by atoms with Crippen LogP contribution in [0, 0.1) is 5.92 Å². The fraction of sp³-hybridized carbons (Fsp3) is 0.552. The number of piperidine rings is 1. The lowest BCUT2D eigenvalue weighted by Crippen LogP contribution is -2.41. The van der Waals surface area contributed by atoms with Gasteiger partial charge in [0.15, 0.2) is 5.78 Å². The van der Waals surface area contributed by atoms with Gasteiger partial charge in [-0.15, -0.1) is 0 Å². The second-order valence-corrected chi connectivity index (χ2v) is 10.9. The number of fused-ring (bicyclic) bond motifs is 1. The van der Waals surface area contributed by atoms with E-state index in [4.69, 9.17) is 9.47 Å². The molecule has 1 N–H and O–H groups in total. The van der Waals surface area contributed by atoms with E-state index in [2.05, 4.69) is 22.2 Å². The Hall–Kier alpha value is -2.78. The maximum absolute atomic E-state index is 13.8. The predicted molar refractivity (Wildman–Crippen MR) is 141 cm³/mol. The Balaban J connectivity index is 1.37. The summed E-state index contributed by atoms with van der Waals surface area (Å²) >= 11 is 0. The molecule has 2 aromatic carbocycles. The number of hydrogen-bond donors (Lipinski definition) is 1.